The number of aromatic nitrogens is 1. The molecule has 1 aliphatic carbocycles. The Morgan fingerprint density at radius 3 is 2.93 bits per heavy atom. The zero-order valence-electron chi connectivity index (χ0n) is 14.4. The van der Waals surface area contributed by atoms with Gasteiger partial charge in [0.15, 0.2) is 0 Å². The van der Waals surface area contributed by atoms with Crippen molar-refractivity contribution in [1.29, 1.82) is 0 Å². The molecule has 0 atom stereocenters. The summed E-state index contributed by atoms with van der Waals surface area (Å²) in [7, 11) is 0. The van der Waals surface area contributed by atoms with Crippen LogP contribution in [0.5, 0.6) is 0 Å². The summed E-state index contributed by atoms with van der Waals surface area (Å²) < 4.78 is 2.07. The van der Waals surface area contributed by atoms with Gasteiger partial charge in [0.25, 0.3) is 5.91 Å². The van der Waals surface area contributed by atoms with Crippen LogP contribution in [0, 0.1) is 0 Å². The number of anilines is 1. The van der Waals surface area contributed by atoms with E-state index in [0.29, 0.717) is 12.2 Å². The van der Waals surface area contributed by atoms with Crippen LogP contribution in [0.1, 0.15) is 28.8 Å². The Hall–Kier alpha value is -2.25. The number of rotatable bonds is 3. The number of thiazole rings is 1. The summed E-state index contributed by atoms with van der Waals surface area (Å²) in [5.74, 6) is -0.255. The Kier molecular flexibility index (Phi) is 3.84. The zero-order chi connectivity index (χ0) is 18.6. The number of halogens is 1. The smallest absolute Gasteiger partial charge is 0.254 e. The molecule has 1 aliphatic heterocycles. The van der Waals surface area contributed by atoms with Gasteiger partial charge in [0.1, 0.15) is 6.54 Å². The molecule has 5 nitrogen and oxygen atoms in total. The van der Waals surface area contributed by atoms with E-state index in [0.717, 1.165) is 38.7 Å². The number of carbonyl (C=O) groups is 2. The lowest BCUT2D eigenvalue weighted by Gasteiger charge is -2.34. The van der Waals surface area contributed by atoms with Gasteiger partial charge in [0.2, 0.25) is 5.91 Å². The SMILES string of the molecule is O=C(CN1CC2(CC2)c2cc(Br)ccc2C1=O)Nc1ccc2scnc2c1. The van der Waals surface area contributed by atoms with Gasteiger partial charge in [-0.2, -0.15) is 0 Å². The summed E-state index contributed by atoms with van der Waals surface area (Å²) in [4.78, 5) is 31.4. The second-order valence-electron chi connectivity index (χ2n) is 7.21. The third-order valence-corrected chi connectivity index (χ3v) is 6.67. The quantitative estimate of drug-likeness (QED) is 0.662. The molecule has 27 heavy (non-hydrogen) atoms. The molecule has 0 saturated heterocycles. The fourth-order valence-corrected chi connectivity index (χ4v) is 4.87. The van der Waals surface area contributed by atoms with Crippen LogP contribution >= 0.6 is 27.3 Å². The van der Waals surface area contributed by atoms with E-state index in [1.165, 1.54) is 0 Å². The summed E-state index contributed by atoms with van der Waals surface area (Å²) in [5.41, 5.74) is 5.21. The Morgan fingerprint density at radius 1 is 1.26 bits per heavy atom. The number of fused-ring (bicyclic) bond motifs is 3. The van der Waals surface area contributed by atoms with Crippen LogP contribution in [0.2, 0.25) is 0 Å². The van der Waals surface area contributed by atoms with Crippen LogP contribution in [0.3, 0.4) is 0 Å². The van der Waals surface area contributed by atoms with Crippen LogP contribution in [-0.4, -0.2) is 34.8 Å². The third-order valence-electron chi connectivity index (χ3n) is 5.37. The van der Waals surface area contributed by atoms with Crippen LogP contribution in [-0.2, 0) is 10.2 Å². The van der Waals surface area contributed by atoms with Gasteiger partial charge in [-0.05, 0) is 54.8 Å². The largest absolute Gasteiger partial charge is 0.328 e. The average Bonchev–Trinajstić information content (AvgIpc) is 3.26. The first-order valence-electron chi connectivity index (χ1n) is 8.77. The molecular formula is C20H16BrN3O2S. The van der Waals surface area contributed by atoms with Crippen LogP contribution in [0.25, 0.3) is 10.2 Å². The second kappa shape index (κ2) is 6.14. The summed E-state index contributed by atoms with van der Waals surface area (Å²) in [5, 5.41) is 2.90. The lowest BCUT2D eigenvalue weighted by molar-refractivity contribution is -0.117. The van der Waals surface area contributed by atoms with Crippen molar-refractivity contribution in [2.45, 2.75) is 18.3 Å². The first-order valence-corrected chi connectivity index (χ1v) is 10.4. The van der Waals surface area contributed by atoms with Crippen LogP contribution in [0.4, 0.5) is 5.69 Å². The molecule has 2 amide bonds. The fraction of sp³-hybridized carbons (Fsp3) is 0.250. The highest BCUT2D eigenvalue weighted by Gasteiger charge is 2.51. The molecule has 0 unspecified atom stereocenters. The van der Waals surface area contributed by atoms with Gasteiger partial charge in [0.05, 0.1) is 15.7 Å². The maximum Gasteiger partial charge on any atom is 0.254 e. The first kappa shape index (κ1) is 16.9. The van der Waals surface area contributed by atoms with Crippen molar-refractivity contribution in [2.75, 3.05) is 18.4 Å². The molecule has 0 radical (unpaired) electrons. The van der Waals surface area contributed by atoms with Crippen molar-refractivity contribution >= 4 is 55.0 Å². The molecule has 2 aliphatic rings. The maximum atomic E-state index is 12.9. The molecule has 2 aromatic carbocycles. The second-order valence-corrected chi connectivity index (χ2v) is 9.02. The van der Waals surface area contributed by atoms with E-state index < -0.39 is 0 Å². The highest BCUT2D eigenvalue weighted by atomic mass is 79.9. The number of hydrogen-bond donors (Lipinski definition) is 1. The summed E-state index contributed by atoms with van der Waals surface area (Å²) in [6, 6.07) is 11.5. The number of benzene rings is 2. The molecule has 1 saturated carbocycles. The Balaban J connectivity index is 1.35. The Morgan fingerprint density at radius 2 is 2.11 bits per heavy atom. The third kappa shape index (κ3) is 2.95. The van der Waals surface area contributed by atoms with Gasteiger partial charge < -0.3 is 10.2 Å². The minimum Gasteiger partial charge on any atom is -0.328 e. The predicted octanol–water partition coefficient (Wildman–Crippen LogP) is 4.18. The lowest BCUT2D eigenvalue weighted by atomic mass is 9.86. The Bertz CT molecular complexity index is 1090. The van der Waals surface area contributed by atoms with Crippen molar-refractivity contribution in [2.24, 2.45) is 0 Å². The van der Waals surface area contributed by atoms with Crippen molar-refractivity contribution in [3.8, 4) is 0 Å². The Labute approximate surface area is 168 Å². The van der Waals surface area contributed by atoms with E-state index in [9.17, 15) is 9.59 Å². The molecular weight excluding hydrogens is 426 g/mol. The number of nitrogens with zero attached hydrogens (tertiary/aromatic N) is 2. The minimum atomic E-state index is -0.186. The van der Waals surface area contributed by atoms with E-state index >= 15 is 0 Å². The summed E-state index contributed by atoms with van der Waals surface area (Å²) in [6.07, 6.45) is 2.12. The zero-order valence-corrected chi connectivity index (χ0v) is 16.8. The topological polar surface area (TPSA) is 62.3 Å². The van der Waals surface area contributed by atoms with Gasteiger partial charge in [-0.15, -0.1) is 11.3 Å². The fourth-order valence-electron chi connectivity index (χ4n) is 3.85. The van der Waals surface area contributed by atoms with Crippen molar-refractivity contribution in [3.05, 3.63) is 57.5 Å². The molecule has 1 spiro atoms. The lowest BCUT2D eigenvalue weighted by Crippen LogP contribution is -2.46. The van der Waals surface area contributed by atoms with E-state index in [1.54, 1.807) is 21.7 Å². The molecule has 0 bridgehead atoms. The van der Waals surface area contributed by atoms with E-state index in [-0.39, 0.29) is 23.8 Å². The normalized spacial score (nSPS) is 17.2. The number of nitrogens with one attached hydrogen (secondary N) is 1. The number of amides is 2. The van der Waals surface area contributed by atoms with Crippen molar-refractivity contribution < 1.29 is 9.59 Å². The molecule has 7 heteroatoms. The van der Waals surface area contributed by atoms with Crippen LogP contribution < -0.4 is 5.32 Å². The minimum absolute atomic E-state index is 0.0206. The van der Waals surface area contributed by atoms with E-state index in [2.05, 4.69) is 32.3 Å². The van der Waals surface area contributed by atoms with Crippen molar-refractivity contribution in [1.82, 2.24) is 9.88 Å². The van der Waals surface area contributed by atoms with Crippen molar-refractivity contribution in [3.63, 3.8) is 0 Å². The highest BCUT2D eigenvalue weighted by molar-refractivity contribution is 9.10. The molecule has 3 aromatic rings. The molecule has 1 fully saturated rings. The molecule has 136 valence electrons. The predicted molar refractivity (Wildman–Crippen MR) is 109 cm³/mol. The first-order chi connectivity index (χ1) is 13.0. The van der Waals surface area contributed by atoms with Gasteiger partial charge in [-0.3, -0.25) is 9.59 Å². The van der Waals surface area contributed by atoms with Gasteiger partial charge in [0, 0.05) is 27.7 Å². The molecule has 5 rings (SSSR count). The number of carbonyl (C=O) groups excluding carboxylic acids is 2. The summed E-state index contributed by atoms with van der Waals surface area (Å²) in [6.45, 7) is 0.666. The maximum absolute atomic E-state index is 12.9. The summed E-state index contributed by atoms with van der Waals surface area (Å²) >= 11 is 5.07. The monoisotopic (exact) mass is 441 g/mol. The molecule has 2 heterocycles. The van der Waals surface area contributed by atoms with Crippen LogP contribution in [0.15, 0.2) is 46.4 Å². The number of hydrogen-bond acceptors (Lipinski definition) is 4. The average molecular weight is 442 g/mol. The molecule has 1 aromatic heterocycles. The van der Waals surface area contributed by atoms with E-state index in [1.807, 2.05) is 30.3 Å². The van der Waals surface area contributed by atoms with Gasteiger partial charge in [-0.25, -0.2) is 4.98 Å². The molecule has 1 N–H and O–H groups in total. The highest BCUT2D eigenvalue weighted by Crippen LogP contribution is 2.52. The van der Waals surface area contributed by atoms with Gasteiger partial charge in [-0.1, -0.05) is 15.9 Å². The van der Waals surface area contributed by atoms with E-state index in [4.69, 9.17) is 0 Å². The standard InChI is InChI=1S/C20H16BrN3O2S/c21-12-1-3-14-15(7-12)20(5-6-20)10-24(19(14)26)9-18(25)23-13-2-4-17-16(8-13)22-11-27-17/h1-4,7-8,11H,5-6,9-10H2,(H,23,25). The van der Waals surface area contributed by atoms with Gasteiger partial charge >= 0.3 is 0 Å².